The first-order valence-corrected chi connectivity index (χ1v) is 9.98. The molecule has 1 N–H and O–H groups in total. The van der Waals surface area contributed by atoms with Crippen molar-refractivity contribution in [3.8, 4) is 10.6 Å². The smallest absolute Gasteiger partial charge is 0.318 e. The van der Waals surface area contributed by atoms with Gasteiger partial charge in [-0.2, -0.15) is 0 Å². The Labute approximate surface area is 162 Å². The molecule has 1 atom stereocenters. The quantitative estimate of drug-likeness (QED) is 0.706. The van der Waals surface area contributed by atoms with Crippen molar-refractivity contribution in [3.63, 3.8) is 0 Å². The molecule has 3 aromatic rings. The molecule has 2 heterocycles. The maximum Gasteiger partial charge on any atom is 0.318 e. The SMILES string of the molecule is CN(Cc1csc(-c2ccccc2)n1)C(=O)NC(c1nccn1C)C1CC1. The molecule has 0 aliphatic heterocycles. The third-order valence-electron chi connectivity index (χ3n) is 4.83. The molecule has 0 bridgehead atoms. The number of nitrogens with zero attached hydrogens (tertiary/aromatic N) is 4. The van der Waals surface area contributed by atoms with Crippen molar-refractivity contribution < 1.29 is 4.79 Å². The molecule has 2 aromatic heterocycles. The van der Waals surface area contributed by atoms with Crippen LogP contribution in [0.3, 0.4) is 0 Å². The van der Waals surface area contributed by atoms with E-state index in [9.17, 15) is 4.79 Å². The number of thiazole rings is 1. The predicted molar refractivity (Wildman–Crippen MR) is 106 cm³/mol. The highest BCUT2D eigenvalue weighted by Crippen LogP contribution is 2.40. The lowest BCUT2D eigenvalue weighted by Crippen LogP contribution is -2.40. The van der Waals surface area contributed by atoms with Crippen molar-refractivity contribution in [1.29, 1.82) is 0 Å². The number of benzene rings is 1. The van der Waals surface area contributed by atoms with Crippen LogP contribution in [0, 0.1) is 5.92 Å². The van der Waals surface area contributed by atoms with Gasteiger partial charge in [-0.1, -0.05) is 30.3 Å². The summed E-state index contributed by atoms with van der Waals surface area (Å²) < 4.78 is 1.98. The zero-order valence-corrected chi connectivity index (χ0v) is 16.3. The highest BCUT2D eigenvalue weighted by atomic mass is 32.1. The number of carbonyl (C=O) groups excluding carboxylic acids is 1. The second-order valence-electron chi connectivity index (χ2n) is 7.03. The molecule has 2 amide bonds. The van der Waals surface area contributed by atoms with Gasteiger partial charge in [0, 0.05) is 37.4 Å². The van der Waals surface area contributed by atoms with Gasteiger partial charge < -0.3 is 14.8 Å². The Morgan fingerprint density at radius 3 is 2.81 bits per heavy atom. The van der Waals surface area contributed by atoms with Crippen molar-refractivity contribution in [2.24, 2.45) is 13.0 Å². The number of imidazole rings is 1. The summed E-state index contributed by atoms with van der Waals surface area (Å²) in [6.45, 7) is 0.479. The van der Waals surface area contributed by atoms with Gasteiger partial charge in [-0.05, 0) is 18.8 Å². The third kappa shape index (κ3) is 4.03. The maximum absolute atomic E-state index is 12.7. The van der Waals surface area contributed by atoms with Gasteiger partial charge in [0.25, 0.3) is 0 Å². The average Bonchev–Trinajstić information content (AvgIpc) is 3.27. The van der Waals surface area contributed by atoms with Gasteiger partial charge in [-0.3, -0.25) is 0 Å². The van der Waals surface area contributed by atoms with Crippen molar-refractivity contribution in [3.05, 3.63) is 59.6 Å². The lowest BCUT2D eigenvalue weighted by Gasteiger charge is -2.23. The molecule has 140 valence electrons. The Morgan fingerprint density at radius 1 is 1.37 bits per heavy atom. The minimum absolute atomic E-state index is 0.0322. The topological polar surface area (TPSA) is 63.1 Å². The van der Waals surface area contributed by atoms with E-state index in [4.69, 9.17) is 0 Å². The summed E-state index contributed by atoms with van der Waals surface area (Å²) in [5.74, 6) is 1.40. The van der Waals surface area contributed by atoms with Crippen molar-refractivity contribution in [2.45, 2.75) is 25.4 Å². The normalized spacial score (nSPS) is 14.7. The average molecular weight is 382 g/mol. The largest absolute Gasteiger partial charge is 0.336 e. The van der Waals surface area contributed by atoms with Crippen molar-refractivity contribution >= 4 is 17.4 Å². The third-order valence-corrected chi connectivity index (χ3v) is 5.77. The van der Waals surface area contributed by atoms with Crippen LogP contribution in [0.1, 0.15) is 30.4 Å². The van der Waals surface area contributed by atoms with E-state index in [0.717, 1.165) is 34.9 Å². The molecule has 1 unspecified atom stereocenters. The number of urea groups is 1. The van der Waals surface area contributed by atoms with Crippen LogP contribution < -0.4 is 5.32 Å². The summed E-state index contributed by atoms with van der Waals surface area (Å²) in [7, 11) is 3.77. The fourth-order valence-corrected chi connectivity index (χ4v) is 3.97. The molecule has 1 aliphatic rings. The Bertz CT molecular complexity index is 915. The van der Waals surface area contributed by atoms with Crippen molar-refractivity contribution in [2.75, 3.05) is 7.05 Å². The Morgan fingerprint density at radius 2 is 2.15 bits per heavy atom. The molecule has 1 saturated carbocycles. The molecule has 27 heavy (non-hydrogen) atoms. The number of rotatable bonds is 6. The van der Waals surface area contributed by atoms with Crippen LogP contribution in [-0.2, 0) is 13.6 Å². The van der Waals surface area contributed by atoms with Gasteiger partial charge in [0.1, 0.15) is 10.8 Å². The van der Waals surface area contributed by atoms with E-state index in [1.54, 1.807) is 29.5 Å². The molecule has 1 fully saturated rings. The number of carbonyl (C=O) groups is 1. The Balaban J connectivity index is 1.41. The molecule has 0 radical (unpaired) electrons. The minimum atomic E-state index is -0.0934. The molecule has 1 aliphatic carbocycles. The van der Waals surface area contributed by atoms with E-state index in [1.165, 1.54) is 0 Å². The summed E-state index contributed by atoms with van der Waals surface area (Å²) >= 11 is 1.60. The van der Waals surface area contributed by atoms with Gasteiger partial charge in [-0.15, -0.1) is 11.3 Å². The second-order valence-corrected chi connectivity index (χ2v) is 7.89. The highest BCUT2D eigenvalue weighted by molar-refractivity contribution is 7.13. The van der Waals surface area contributed by atoms with Crippen LogP contribution in [0.25, 0.3) is 10.6 Å². The lowest BCUT2D eigenvalue weighted by molar-refractivity contribution is 0.199. The van der Waals surface area contributed by atoms with Crippen LogP contribution in [0.15, 0.2) is 48.1 Å². The van der Waals surface area contributed by atoms with Crippen LogP contribution in [0.4, 0.5) is 4.79 Å². The van der Waals surface area contributed by atoms with Crippen LogP contribution in [0.2, 0.25) is 0 Å². The highest BCUT2D eigenvalue weighted by Gasteiger charge is 2.36. The van der Waals surface area contributed by atoms with Crippen molar-refractivity contribution in [1.82, 2.24) is 24.8 Å². The van der Waals surface area contributed by atoms with Gasteiger partial charge in [0.15, 0.2) is 0 Å². The van der Waals surface area contributed by atoms with E-state index in [-0.39, 0.29) is 12.1 Å². The Kier molecular flexibility index (Phi) is 4.94. The molecule has 0 saturated heterocycles. The van der Waals surface area contributed by atoms with Crippen LogP contribution in [0.5, 0.6) is 0 Å². The standard InChI is InChI=1S/C20H23N5OS/c1-24-11-10-21-18(24)17(14-8-9-14)23-20(26)25(2)12-16-13-27-19(22-16)15-6-4-3-5-7-15/h3-7,10-11,13-14,17H,8-9,12H2,1-2H3,(H,23,26). The summed E-state index contributed by atoms with van der Waals surface area (Å²) in [5.41, 5.74) is 2.00. The summed E-state index contributed by atoms with van der Waals surface area (Å²) in [5, 5.41) is 6.15. The fraction of sp³-hybridized carbons (Fsp3) is 0.350. The van der Waals surface area contributed by atoms with E-state index >= 15 is 0 Å². The molecule has 1 aromatic carbocycles. The zero-order valence-electron chi connectivity index (χ0n) is 15.5. The minimum Gasteiger partial charge on any atom is -0.336 e. The first kappa shape index (κ1) is 17.7. The number of aryl methyl sites for hydroxylation is 1. The molecular formula is C20H23N5OS. The van der Waals surface area contributed by atoms with Crippen LogP contribution in [-0.4, -0.2) is 32.5 Å². The van der Waals surface area contributed by atoms with Gasteiger partial charge in [0.05, 0.1) is 18.3 Å². The Hall–Kier alpha value is -2.67. The number of hydrogen-bond donors (Lipinski definition) is 1. The summed E-state index contributed by atoms with van der Waals surface area (Å²) in [6.07, 6.45) is 5.96. The molecule has 0 spiro atoms. The van der Waals surface area contributed by atoms with Gasteiger partial charge >= 0.3 is 6.03 Å². The zero-order chi connectivity index (χ0) is 18.8. The fourth-order valence-electron chi connectivity index (χ4n) is 3.15. The predicted octanol–water partition coefficient (Wildman–Crippen LogP) is 3.84. The number of aromatic nitrogens is 3. The summed E-state index contributed by atoms with van der Waals surface area (Å²) in [4.78, 5) is 23.5. The van der Waals surface area contributed by atoms with E-state index in [0.29, 0.717) is 12.5 Å². The van der Waals surface area contributed by atoms with Gasteiger partial charge in [0.2, 0.25) is 0 Å². The first-order chi connectivity index (χ1) is 13.1. The number of hydrogen-bond acceptors (Lipinski definition) is 4. The molecular weight excluding hydrogens is 358 g/mol. The summed E-state index contributed by atoms with van der Waals surface area (Å²) in [6, 6.07) is 9.98. The second kappa shape index (κ2) is 7.52. The maximum atomic E-state index is 12.7. The molecule has 6 nitrogen and oxygen atoms in total. The lowest BCUT2D eigenvalue weighted by atomic mass is 10.1. The van der Waals surface area contributed by atoms with E-state index in [1.807, 2.05) is 53.5 Å². The van der Waals surface area contributed by atoms with Crippen LogP contribution >= 0.6 is 11.3 Å². The molecule has 4 rings (SSSR count). The number of nitrogens with one attached hydrogen (secondary N) is 1. The monoisotopic (exact) mass is 381 g/mol. The van der Waals surface area contributed by atoms with Gasteiger partial charge in [-0.25, -0.2) is 14.8 Å². The molecule has 7 heteroatoms. The van der Waals surface area contributed by atoms with E-state index in [2.05, 4.69) is 15.3 Å². The van der Waals surface area contributed by atoms with E-state index < -0.39 is 0 Å². The number of amides is 2. The first-order valence-electron chi connectivity index (χ1n) is 9.10.